The summed E-state index contributed by atoms with van der Waals surface area (Å²) in [5, 5.41) is 0.735. The van der Waals surface area contributed by atoms with E-state index < -0.39 is 20.6 Å². The summed E-state index contributed by atoms with van der Waals surface area (Å²) in [5.74, 6) is 0.681. The Morgan fingerprint density at radius 1 is 0.872 bits per heavy atom. The highest BCUT2D eigenvalue weighted by molar-refractivity contribution is 7.91. The normalized spacial score (nSPS) is 18.0. The number of aromatic nitrogens is 1. The van der Waals surface area contributed by atoms with Crippen molar-refractivity contribution in [3.63, 3.8) is 0 Å². The molecule has 0 aliphatic carbocycles. The summed E-state index contributed by atoms with van der Waals surface area (Å²) in [4.78, 5) is 12.9. The summed E-state index contributed by atoms with van der Waals surface area (Å²) in [7, 11) is -2.91. The number of likely N-dealkylation sites (N-methyl/N-ethyl adjacent to an activating group) is 1. The summed E-state index contributed by atoms with van der Waals surface area (Å²) in [6.45, 7) is 8.77. The van der Waals surface area contributed by atoms with Gasteiger partial charge >= 0.3 is 0 Å². The number of benzene rings is 2. The fourth-order valence-electron chi connectivity index (χ4n) is 7.00. The number of piperidine rings is 1. The molecule has 3 heterocycles. The van der Waals surface area contributed by atoms with Gasteiger partial charge < -0.3 is 14.5 Å². The average Bonchev–Trinajstić information content (AvgIpc) is 3.31. The van der Waals surface area contributed by atoms with Crippen molar-refractivity contribution in [3.05, 3.63) is 48.7 Å². The fraction of sp³-hybridized carbons (Fsp3) is 0.595. The predicted molar refractivity (Wildman–Crippen MR) is 193 cm³/mol. The van der Waals surface area contributed by atoms with Crippen LogP contribution in [0, 0.1) is 0 Å². The maximum atomic E-state index is 14.3. The highest BCUT2D eigenvalue weighted by Crippen LogP contribution is 2.38. The Kier molecular flexibility index (Phi) is 13.1. The molecule has 2 aromatic carbocycles. The molecule has 2 aliphatic heterocycles. The van der Waals surface area contributed by atoms with Gasteiger partial charge in [-0.15, -0.1) is 0 Å². The van der Waals surface area contributed by atoms with Gasteiger partial charge in [0.2, 0.25) is 9.84 Å². The maximum Gasteiger partial charge on any atom is 0.210 e. The number of hydrogen-bond donors (Lipinski definition) is 0. The van der Waals surface area contributed by atoms with Crippen LogP contribution in [0.25, 0.3) is 10.9 Å². The van der Waals surface area contributed by atoms with Crippen molar-refractivity contribution in [2.24, 2.45) is 0 Å². The third kappa shape index (κ3) is 9.34. The molecular weight excluding hydrogens is 629 g/mol. The van der Waals surface area contributed by atoms with Crippen LogP contribution in [0.5, 0.6) is 5.75 Å². The van der Waals surface area contributed by atoms with Crippen LogP contribution >= 0.6 is 0 Å². The minimum absolute atomic E-state index is 0.200. The first-order valence-electron chi connectivity index (χ1n) is 17.7. The molecule has 0 spiro atoms. The highest BCUT2D eigenvalue weighted by atomic mass is 32.2. The van der Waals surface area contributed by atoms with E-state index in [-0.39, 0.29) is 9.79 Å². The zero-order valence-corrected chi connectivity index (χ0v) is 30.3. The van der Waals surface area contributed by atoms with Crippen molar-refractivity contribution in [1.29, 1.82) is 0 Å². The number of nitrogens with zero attached hydrogens (tertiary/aromatic N) is 4. The van der Waals surface area contributed by atoms with Crippen molar-refractivity contribution in [2.45, 2.75) is 98.3 Å². The topological polar surface area (TPSA) is 83.0 Å². The zero-order valence-electron chi connectivity index (χ0n) is 28.7. The molecule has 1 atom stereocenters. The lowest BCUT2D eigenvalue weighted by molar-refractivity contribution is 0.174. The number of anilines is 1. The lowest BCUT2D eigenvalue weighted by atomic mass is 10.0. The summed E-state index contributed by atoms with van der Waals surface area (Å²) in [5.41, 5.74) is 1.38. The third-order valence-electron chi connectivity index (χ3n) is 9.85. The van der Waals surface area contributed by atoms with Crippen molar-refractivity contribution < 1.29 is 17.4 Å². The summed E-state index contributed by atoms with van der Waals surface area (Å²) in [6, 6.07) is 12.8. The molecule has 10 heteroatoms. The van der Waals surface area contributed by atoms with Crippen LogP contribution in [-0.2, 0) is 20.6 Å². The van der Waals surface area contributed by atoms with Gasteiger partial charge in [0.25, 0.3) is 0 Å². The largest absolute Gasteiger partial charge is 0.494 e. The third-order valence-corrected chi connectivity index (χ3v) is 12.5. The van der Waals surface area contributed by atoms with Crippen LogP contribution in [0.2, 0.25) is 0 Å². The number of sulfone groups is 1. The van der Waals surface area contributed by atoms with E-state index in [1.54, 1.807) is 30.5 Å². The monoisotopic (exact) mass is 682 g/mol. The van der Waals surface area contributed by atoms with Crippen LogP contribution in [0.4, 0.5) is 5.69 Å². The van der Waals surface area contributed by atoms with Gasteiger partial charge in [0, 0.05) is 65.8 Å². The molecule has 1 unspecified atom stereocenters. The zero-order chi connectivity index (χ0) is 33.2. The molecule has 0 amide bonds. The lowest BCUT2D eigenvalue weighted by Gasteiger charge is -2.40. The Morgan fingerprint density at radius 2 is 1.57 bits per heavy atom. The minimum Gasteiger partial charge on any atom is -0.494 e. The van der Waals surface area contributed by atoms with E-state index in [0.717, 1.165) is 70.3 Å². The SMILES string of the molecule is CCCCCCCCCCOc1ccc(S(=O)(=O)c2cnc3ccc(S(C)=O)cc3c2N2CCC(N3CCCN(C)CC3)CC2)cc1. The van der Waals surface area contributed by atoms with Crippen molar-refractivity contribution in [1.82, 2.24) is 14.8 Å². The standard InChI is InChI=1S/C37H54N4O4S2/c1-4-5-6-7-8-9-10-11-27-45-31-13-16-33(17-14-31)47(43,44)36-29-38-35-18-15-32(46(3)42)28-34(35)37(36)41-23-19-30(20-24-41)40-22-12-21-39(2)25-26-40/h13-18,28-30H,4-12,19-27H2,1-3H3. The number of hydrogen-bond acceptors (Lipinski definition) is 8. The highest BCUT2D eigenvalue weighted by Gasteiger charge is 2.31. The second-order valence-corrected chi connectivity index (χ2v) is 16.6. The van der Waals surface area contributed by atoms with Crippen LogP contribution < -0.4 is 9.64 Å². The molecule has 0 bridgehead atoms. The van der Waals surface area contributed by atoms with Gasteiger partial charge in [-0.05, 0) is 88.3 Å². The number of ether oxygens (including phenoxy) is 1. The summed E-state index contributed by atoms with van der Waals surface area (Å²) in [6.07, 6.45) is 16.2. The molecule has 258 valence electrons. The van der Waals surface area contributed by atoms with Crippen molar-refractivity contribution in [2.75, 3.05) is 64.1 Å². The van der Waals surface area contributed by atoms with E-state index in [1.807, 2.05) is 18.2 Å². The van der Waals surface area contributed by atoms with Gasteiger partial charge in [-0.1, -0.05) is 51.9 Å². The van der Waals surface area contributed by atoms with Gasteiger partial charge in [0.1, 0.15) is 10.6 Å². The molecule has 3 aromatic rings. The molecule has 2 saturated heterocycles. The first kappa shape index (κ1) is 35.8. The molecule has 0 saturated carbocycles. The van der Waals surface area contributed by atoms with Crippen molar-refractivity contribution >= 4 is 37.2 Å². The first-order valence-corrected chi connectivity index (χ1v) is 20.7. The van der Waals surface area contributed by atoms with E-state index in [9.17, 15) is 12.6 Å². The quantitative estimate of drug-likeness (QED) is 0.160. The molecule has 0 radical (unpaired) electrons. The van der Waals surface area contributed by atoms with Gasteiger partial charge in [-0.3, -0.25) is 14.1 Å². The van der Waals surface area contributed by atoms with Crippen LogP contribution in [0.15, 0.2) is 63.3 Å². The minimum atomic E-state index is -3.90. The second-order valence-electron chi connectivity index (χ2n) is 13.3. The van der Waals surface area contributed by atoms with Crippen LogP contribution in [-0.4, -0.2) is 92.6 Å². The molecule has 47 heavy (non-hydrogen) atoms. The van der Waals surface area contributed by atoms with E-state index >= 15 is 0 Å². The van der Waals surface area contributed by atoms with Gasteiger partial charge in [0.05, 0.1) is 22.7 Å². The molecular formula is C37H54N4O4S2. The fourth-order valence-corrected chi connectivity index (χ4v) is 8.97. The van der Waals surface area contributed by atoms with E-state index in [0.29, 0.717) is 34.5 Å². The molecule has 5 rings (SSSR count). The van der Waals surface area contributed by atoms with Crippen LogP contribution in [0.1, 0.15) is 77.6 Å². The van der Waals surface area contributed by atoms with E-state index in [4.69, 9.17) is 4.74 Å². The average molecular weight is 683 g/mol. The number of unbranched alkanes of at least 4 members (excludes halogenated alkanes) is 7. The maximum absolute atomic E-state index is 14.3. The summed E-state index contributed by atoms with van der Waals surface area (Å²) >= 11 is 0. The molecule has 2 aliphatic rings. The molecule has 2 fully saturated rings. The predicted octanol–water partition coefficient (Wildman–Crippen LogP) is 6.93. The summed E-state index contributed by atoms with van der Waals surface area (Å²) < 4.78 is 47.0. The number of fused-ring (bicyclic) bond motifs is 1. The lowest BCUT2D eigenvalue weighted by Crippen LogP contribution is -2.46. The number of pyridine rings is 1. The number of rotatable bonds is 15. The van der Waals surface area contributed by atoms with E-state index in [1.165, 1.54) is 51.1 Å². The van der Waals surface area contributed by atoms with Gasteiger partial charge in [-0.25, -0.2) is 8.42 Å². The Balaban J connectivity index is 1.32. The Hall–Kier alpha value is -2.53. The molecule has 1 aromatic heterocycles. The smallest absolute Gasteiger partial charge is 0.210 e. The Morgan fingerprint density at radius 3 is 2.28 bits per heavy atom. The van der Waals surface area contributed by atoms with E-state index in [2.05, 4.69) is 33.7 Å². The molecule has 8 nitrogen and oxygen atoms in total. The molecule has 0 N–H and O–H groups in total. The van der Waals surface area contributed by atoms with Gasteiger partial charge in [0.15, 0.2) is 0 Å². The second kappa shape index (κ2) is 17.2. The Labute approximate surface area is 285 Å². The van der Waals surface area contributed by atoms with Gasteiger partial charge in [-0.2, -0.15) is 0 Å². The van der Waals surface area contributed by atoms with Crippen LogP contribution in [0.3, 0.4) is 0 Å². The Bertz CT molecular complexity index is 1570. The first-order chi connectivity index (χ1) is 22.8. The van der Waals surface area contributed by atoms with Crippen molar-refractivity contribution in [3.8, 4) is 5.75 Å².